The number of carbonyl (C=O) groups excluding carboxylic acids is 2. The van der Waals surface area contributed by atoms with Gasteiger partial charge in [-0.2, -0.15) is 0 Å². The van der Waals surface area contributed by atoms with Crippen LogP contribution in [0.3, 0.4) is 0 Å². The average molecular weight is 377 g/mol. The molecule has 1 aliphatic carbocycles. The number of rotatable bonds is 5. The molecule has 146 valence electrons. The molecule has 1 saturated carbocycles. The third kappa shape index (κ3) is 4.03. The van der Waals surface area contributed by atoms with Crippen LogP contribution >= 0.6 is 0 Å². The predicted molar refractivity (Wildman–Crippen MR) is 111 cm³/mol. The number of hydrogen-bond acceptors (Lipinski definition) is 2. The highest BCUT2D eigenvalue weighted by atomic mass is 16.2. The molecule has 0 spiro atoms. The molecule has 0 atom stereocenters. The molecule has 3 amide bonds. The van der Waals surface area contributed by atoms with Crippen molar-refractivity contribution in [1.29, 1.82) is 0 Å². The highest BCUT2D eigenvalue weighted by Gasteiger charge is 2.32. The molecule has 2 aliphatic rings. The molecule has 0 aromatic heterocycles. The fraction of sp³-hybridized carbons (Fsp3) is 0.391. The molecule has 2 fully saturated rings. The summed E-state index contributed by atoms with van der Waals surface area (Å²) in [6.07, 6.45) is 2.82. The topological polar surface area (TPSA) is 52.6 Å². The zero-order chi connectivity index (χ0) is 19.7. The number of carbonyl (C=O) groups is 2. The van der Waals surface area contributed by atoms with Crippen molar-refractivity contribution in [2.75, 3.05) is 23.3 Å². The van der Waals surface area contributed by atoms with Gasteiger partial charge < -0.3 is 10.2 Å². The van der Waals surface area contributed by atoms with Crippen molar-refractivity contribution in [2.45, 2.75) is 39.7 Å². The maximum absolute atomic E-state index is 13.2. The first kappa shape index (κ1) is 18.5. The number of nitrogens with one attached hydrogen (secondary N) is 1. The molecule has 5 heteroatoms. The Kier molecular flexibility index (Phi) is 5.07. The van der Waals surface area contributed by atoms with Crippen molar-refractivity contribution >= 4 is 23.3 Å². The van der Waals surface area contributed by atoms with Crippen molar-refractivity contribution in [2.24, 2.45) is 5.92 Å². The first-order valence-electron chi connectivity index (χ1n) is 10.0. The summed E-state index contributed by atoms with van der Waals surface area (Å²) in [4.78, 5) is 29.2. The third-order valence-electron chi connectivity index (χ3n) is 5.42. The Labute approximate surface area is 166 Å². The van der Waals surface area contributed by atoms with Crippen LogP contribution in [0.2, 0.25) is 0 Å². The van der Waals surface area contributed by atoms with Crippen molar-refractivity contribution in [3.05, 3.63) is 59.2 Å². The number of nitrogens with zero attached hydrogens (tertiary/aromatic N) is 2. The van der Waals surface area contributed by atoms with Gasteiger partial charge in [-0.15, -0.1) is 0 Å². The Morgan fingerprint density at radius 1 is 1.07 bits per heavy atom. The second-order valence-corrected chi connectivity index (χ2v) is 7.98. The van der Waals surface area contributed by atoms with E-state index in [9.17, 15) is 9.59 Å². The van der Waals surface area contributed by atoms with E-state index in [2.05, 4.69) is 30.4 Å². The standard InChI is InChI=1S/C23H27N3O2/c1-16-5-3-6-18(13-16)15-25-11-4-12-26(23(25)28)21-10-7-17(2)14-20(21)24-22(27)19-8-9-19/h3,5-7,10,13-14,19H,4,8-9,11-12,15H2,1-2H3,(H,24,27). The summed E-state index contributed by atoms with van der Waals surface area (Å²) in [5, 5.41) is 3.05. The van der Waals surface area contributed by atoms with Gasteiger partial charge in [-0.25, -0.2) is 4.79 Å². The monoisotopic (exact) mass is 377 g/mol. The molecule has 4 rings (SSSR count). The van der Waals surface area contributed by atoms with Gasteiger partial charge in [0.1, 0.15) is 0 Å². The Morgan fingerprint density at radius 3 is 2.61 bits per heavy atom. The predicted octanol–water partition coefficient (Wildman–Crippen LogP) is 4.48. The second kappa shape index (κ2) is 7.66. The van der Waals surface area contributed by atoms with E-state index in [0.29, 0.717) is 13.1 Å². The van der Waals surface area contributed by atoms with Crippen LogP contribution in [0, 0.1) is 19.8 Å². The molecule has 1 N–H and O–H groups in total. The van der Waals surface area contributed by atoms with E-state index in [4.69, 9.17) is 0 Å². The van der Waals surface area contributed by atoms with Gasteiger partial charge in [0.25, 0.3) is 0 Å². The molecule has 1 aliphatic heterocycles. The summed E-state index contributed by atoms with van der Waals surface area (Å²) < 4.78 is 0. The molecule has 0 radical (unpaired) electrons. The molecular formula is C23H27N3O2. The van der Waals surface area contributed by atoms with E-state index in [-0.39, 0.29) is 17.9 Å². The smallest absolute Gasteiger partial charge is 0.324 e. The van der Waals surface area contributed by atoms with Crippen molar-refractivity contribution in [1.82, 2.24) is 4.90 Å². The maximum atomic E-state index is 13.2. The van der Waals surface area contributed by atoms with E-state index < -0.39 is 0 Å². The summed E-state index contributed by atoms with van der Waals surface area (Å²) in [7, 11) is 0. The van der Waals surface area contributed by atoms with Crippen LogP contribution in [-0.4, -0.2) is 29.9 Å². The van der Waals surface area contributed by atoms with Crippen LogP contribution < -0.4 is 10.2 Å². The Hall–Kier alpha value is -2.82. The number of hydrogen-bond donors (Lipinski definition) is 1. The van der Waals surface area contributed by atoms with Gasteiger partial charge in [-0.05, 0) is 56.4 Å². The fourth-order valence-electron chi connectivity index (χ4n) is 3.75. The summed E-state index contributed by atoms with van der Waals surface area (Å²) in [5.41, 5.74) is 4.93. The van der Waals surface area contributed by atoms with Crippen LogP contribution in [0.25, 0.3) is 0 Å². The second-order valence-electron chi connectivity index (χ2n) is 7.98. The van der Waals surface area contributed by atoms with Crippen molar-refractivity contribution in [3.63, 3.8) is 0 Å². The molecular weight excluding hydrogens is 350 g/mol. The number of benzene rings is 2. The minimum absolute atomic E-state index is 0.00136. The summed E-state index contributed by atoms with van der Waals surface area (Å²) in [5.74, 6) is 0.191. The van der Waals surface area contributed by atoms with Crippen LogP contribution in [-0.2, 0) is 11.3 Å². The third-order valence-corrected chi connectivity index (χ3v) is 5.42. The van der Waals surface area contributed by atoms with Crippen molar-refractivity contribution < 1.29 is 9.59 Å². The lowest BCUT2D eigenvalue weighted by Crippen LogP contribution is -2.49. The van der Waals surface area contributed by atoms with Crippen LogP contribution in [0.4, 0.5) is 16.2 Å². The molecule has 2 aromatic carbocycles. The Balaban J connectivity index is 1.56. The summed E-state index contributed by atoms with van der Waals surface area (Å²) in [6, 6.07) is 14.2. The minimum atomic E-state index is -0.00136. The fourth-order valence-corrected chi connectivity index (χ4v) is 3.75. The number of urea groups is 1. The van der Waals surface area contributed by atoms with Crippen LogP contribution in [0.15, 0.2) is 42.5 Å². The molecule has 5 nitrogen and oxygen atoms in total. The molecule has 28 heavy (non-hydrogen) atoms. The number of amides is 3. The first-order valence-corrected chi connectivity index (χ1v) is 10.0. The zero-order valence-corrected chi connectivity index (χ0v) is 16.6. The van der Waals surface area contributed by atoms with Gasteiger partial charge in [0.2, 0.25) is 5.91 Å². The summed E-state index contributed by atoms with van der Waals surface area (Å²) >= 11 is 0. The molecule has 0 bridgehead atoms. The molecule has 0 unspecified atom stereocenters. The van der Waals surface area contributed by atoms with Gasteiger partial charge in [-0.3, -0.25) is 9.69 Å². The lowest BCUT2D eigenvalue weighted by atomic mass is 10.1. The Bertz CT molecular complexity index is 904. The molecule has 1 saturated heterocycles. The molecule has 1 heterocycles. The SMILES string of the molecule is Cc1cccc(CN2CCCN(c3ccc(C)cc3NC(=O)C3CC3)C2=O)c1. The number of aryl methyl sites for hydroxylation is 2. The number of anilines is 2. The average Bonchev–Trinajstić information content (AvgIpc) is 3.49. The maximum Gasteiger partial charge on any atom is 0.324 e. The minimum Gasteiger partial charge on any atom is -0.324 e. The Morgan fingerprint density at radius 2 is 1.86 bits per heavy atom. The zero-order valence-electron chi connectivity index (χ0n) is 16.6. The van der Waals surface area contributed by atoms with E-state index in [1.54, 1.807) is 4.90 Å². The highest BCUT2D eigenvalue weighted by Crippen LogP contribution is 2.34. The normalized spacial score (nSPS) is 17.0. The molecule has 2 aromatic rings. The largest absolute Gasteiger partial charge is 0.324 e. The van der Waals surface area contributed by atoms with Gasteiger partial charge in [0.05, 0.1) is 11.4 Å². The van der Waals surface area contributed by atoms with E-state index in [1.807, 2.05) is 36.1 Å². The van der Waals surface area contributed by atoms with Gasteiger partial charge in [0, 0.05) is 25.6 Å². The van der Waals surface area contributed by atoms with Crippen LogP contribution in [0.1, 0.15) is 36.0 Å². The highest BCUT2D eigenvalue weighted by molar-refractivity contribution is 6.02. The van der Waals surface area contributed by atoms with E-state index >= 15 is 0 Å². The van der Waals surface area contributed by atoms with E-state index in [0.717, 1.165) is 48.3 Å². The van der Waals surface area contributed by atoms with Gasteiger partial charge in [-0.1, -0.05) is 35.9 Å². The van der Waals surface area contributed by atoms with Gasteiger partial charge >= 0.3 is 6.03 Å². The quantitative estimate of drug-likeness (QED) is 0.835. The lowest BCUT2D eigenvalue weighted by Gasteiger charge is -2.36. The lowest BCUT2D eigenvalue weighted by molar-refractivity contribution is -0.117. The van der Waals surface area contributed by atoms with Crippen molar-refractivity contribution in [3.8, 4) is 0 Å². The first-order chi connectivity index (χ1) is 13.5. The van der Waals surface area contributed by atoms with Crippen LogP contribution in [0.5, 0.6) is 0 Å². The summed E-state index contributed by atoms with van der Waals surface area (Å²) in [6.45, 7) is 6.08. The van der Waals surface area contributed by atoms with E-state index in [1.165, 1.54) is 5.56 Å². The van der Waals surface area contributed by atoms with Gasteiger partial charge in [0.15, 0.2) is 0 Å².